The summed E-state index contributed by atoms with van der Waals surface area (Å²) < 4.78 is 0.976. The minimum atomic E-state index is -1.00. The smallest absolute Gasteiger partial charge is 0.244 e. The number of rotatable bonds is 3. The van der Waals surface area contributed by atoms with Crippen molar-refractivity contribution < 1.29 is 4.79 Å². The molecule has 1 aromatic carbocycles. The lowest BCUT2D eigenvalue weighted by molar-refractivity contribution is -0.126. The van der Waals surface area contributed by atoms with Crippen molar-refractivity contribution >= 4 is 21.8 Å². The molecule has 4 N–H and O–H groups in total. The standard InChI is InChI=1S/C14H20BrN3O/c1-14(16,10-4-6-11(15)7-5-10)13(19)18-12-3-2-8-17-9-12/h4-7,12,17H,2-3,8-9,16H2,1H3,(H,18,19)/t12-,14?/m1/s1. The van der Waals surface area contributed by atoms with E-state index in [0.717, 1.165) is 36.0 Å². The van der Waals surface area contributed by atoms with Gasteiger partial charge in [0.05, 0.1) is 0 Å². The van der Waals surface area contributed by atoms with Gasteiger partial charge in [-0.3, -0.25) is 4.79 Å². The Morgan fingerprint density at radius 2 is 2.16 bits per heavy atom. The molecule has 4 nitrogen and oxygen atoms in total. The van der Waals surface area contributed by atoms with Crippen molar-refractivity contribution in [3.63, 3.8) is 0 Å². The fraction of sp³-hybridized carbons (Fsp3) is 0.500. The van der Waals surface area contributed by atoms with Crippen molar-refractivity contribution in [3.8, 4) is 0 Å². The van der Waals surface area contributed by atoms with Gasteiger partial charge in [-0.1, -0.05) is 28.1 Å². The second kappa shape index (κ2) is 6.03. The van der Waals surface area contributed by atoms with Crippen molar-refractivity contribution in [2.45, 2.75) is 31.3 Å². The number of hydrogen-bond donors (Lipinski definition) is 3. The van der Waals surface area contributed by atoms with Gasteiger partial charge in [0.15, 0.2) is 0 Å². The van der Waals surface area contributed by atoms with Crippen LogP contribution in [0.4, 0.5) is 0 Å². The van der Waals surface area contributed by atoms with E-state index in [1.807, 2.05) is 24.3 Å². The van der Waals surface area contributed by atoms with Crippen LogP contribution in [-0.2, 0) is 10.3 Å². The summed E-state index contributed by atoms with van der Waals surface area (Å²) in [7, 11) is 0. The molecule has 2 rings (SSSR count). The molecule has 0 aliphatic carbocycles. The van der Waals surface area contributed by atoms with Crippen LogP contribution in [-0.4, -0.2) is 25.0 Å². The zero-order chi connectivity index (χ0) is 13.9. The zero-order valence-corrected chi connectivity index (χ0v) is 12.7. The third kappa shape index (κ3) is 3.55. The Kier molecular flexibility index (Phi) is 4.60. The molecule has 104 valence electrons. The monoisotopic (exact) mass is 325 g/mol. The molecule has 1 heterocycles. The molecule has 1 aliphatic rings. The van der Waals surface area contributed by atoms with E-state index in [4.69, 9.17) is 5.73 Å². The van der Waals surface area contributed by atoms with Crippen molar-refractivity contribution in [2.24, 2.45) is 5.73 Å². The van der Waals surface area contributed by atoms with E-state index in [-0.39, 0.29) is 11.9 Å². The van der Waals surface area contributed by atoms with Gasteiger partial charge < -0.3 is 16.4 Å². The fourth-order valence-electron chi connectivity index (χ4n) is 2.24. The molecule has 1 unspecified atom stereocenters. The minimum absolute atomic E-state index is 0.122. The van der Waals surface area contributed by atoms with Crippen molar-refractivity contribution in [2.75, 3.05) is 13.1 Å². The number of nitrogens with two attached hydrogens (primary N) is 1. The lowest BCUT2D eigenvalue weighted by Gasteiger charge is -2.30. The maximum Gasteiger partial charge on any atom is 0.244 e. The van der Waals surface area contributed by atoms with Crippen molar-refractivity contribution in [3.05, 3.63) is 34.3 Å². The van der Waals surface area contributed by atoms with Crippen LogP contribution in [0.15, 0.2) is 28.7 Å². The van der Waals surface area contributed by atoms with Crippen molar-refractivity contribution in [1.29, 1.82) is 0 Å². The first kappa shape index (κ1) is 14.5. The second-order valence-electron chi connectivity index (χ2n) is 5.23. The number of carbonyl (C=O) groups excluding carboxylic acids is 1. The van der Waals surface area contributed by atoms with Crippen LogP contribution in [0.25, 0.3) is 0 Å². The first-order chi connectivity index (χ1) is 9.00. The average molecular weight is 326 g/mol. The molecule has 0 spiro atoms. The number of piperidine rings is 1. The van der Waals surface area contributed by atoms with E-state index in [9.17, 15) is 4.79 Å². The molecule has 0 radical (unpaired) electrons. The summed E-state index contributed by atoms with van der Waals surface area (Å²) in [4.78, 5) is 12.3. The third-order valence-electron chi connectivity index (χ3n) is 3.55. The second-order valence-corrected chi connectivity index (χ2v) is 6.14. The lowest BCUT2D eigenvalue weighted by Crippen LogP contribution is -2.55. The predicted molar refractivity (Wildman–Crippen MR) is 79.7 cm³/mol. The molecule has 2 atom stereocenters. The summed E-state index contributed by atoms with van der Waals surface area (Å²) in [6.45, 7) is 3.60. The molecule has 1 aliphatic heterocycles. The lowest BCUT2D eigenvalue weighted by atomic mass is 9.91. The molecule has 5 heteroatoms. The van der Waals surface area contributed by atoms with Crippen molar-refractivity contribution in [1.82, 2.24) is 10.6 Å². The summed E-state index contributed by atoms with van der Waals surface area (Å²) >= 11 is 3.38. The van der Waals surface area contributed by atoms with Crippen LogP contribution in [0.5, 0.6) is 0 Å². The number of carbonyl (C=O) groups is 1. The van der Waals surface area contributed by atoms with Gasteiger partial charge in [-0.25, -0.2) is 0 Å². The topological polar surface area (TPSA) is 67.2 Å². The quantitative estimate of drug-likeness (QED) is 0.788. The van der Waals surface area contributed by atoms with Crippen LogP contribution in [0.3, 0.4) is 0 Å². The summed E-state index contributed by atoms with van der Waals surface area (Å²) in [5.74, 6) is -0.122. The Labute approximate surface area is 122 Å². The van der Waals surface area contributed by atoms with E-state index in [2.05, 4.69) is 26.6 Å². The van der Waals surface area contributed by atoms with E-state index >= 15 is 0 Å². The van der Waals surface area contributed by atoms with Crippen LogP contribution < -0.4 is 16.4 Å². The maximum atomic E-state index is 12.3. The molecular weight excluding hydrogens is 306 g/mol. The average Bonchev–Trinajstić information content (AvgIpc) is 2.40. The highest BCUT2D eigenvalue weighted by atomic mass is 79.9. The highest BCUT2D eigenvalue weighted by molar-refractivity contribution is 9.10. The number of benzene rings is 1. The number of nitrogens with one attached hydrogen (secondary N) is 2. The van der Waals surface area contributed by atoms with E-state index in [1.54, 1.807) is 6.92 Å². The van der Waals surface area contributed by atoms with E-state index in [0.29, 0.717) is 0 Å². The summed E-state index contributed by atoms with van der Waals surface area (Å²) in [6.07, 6.45) is 2.10. The first-order valence-electron chi connectivity index (χ1n) is 6.57. The Hall–Kier alpha value is -0.910. The summed E-state index contributed by atoms with van der Waals surface area (Å²) in [5, 5.41) is 6.31. The fourth-order valence-corrected chi connectivity index (χ4v) is 2.50. The molecule has 0 bridgehead atoms. The molecule has 1 aromatic rings. The van der Waals surface area contributed by atoms with Crippen LogP contribution in [0.1, 0.15) is 25.3 Å². The van der Waals surface area contributed by atoms with Crippen LogP contribution in [0.2, 0.25) is 0 Å². The van der Waals surface area contributed by atoms with Gasteiger partial charge in [-0.05, 0) is 44.0 Å². The Balaban J connectivity index is 2.05. The zero-order valence-electron chi connectivity index (χ0n) is 11.1. The normalized spacial score (nSPS) is 22.6. The van der Waals surface area contributed by atoms with Gasteiger partial charge >= 0.3 is 0 Å². The summed E-state index contributed by atoms with van der Waals surface area (Å²) in [5.41, 5.74) is 6.02. The van der Waals surface area contributed by atoms with E-state index in [1.165, 1.54) is 0 Å². The molecule has 1 fully saturated rings. The predicted octanol–water partition coefficient (Wildman–Crippen LogP) is 1.49. The molecule has 0 aromatic heterocycles. The number of hydrogen-bond acceptors (Lipinski definition) is 3. The highest BCUT2D eigenvalue weighted by Gasteiger charge is 2.32. The number of halogens is 1. The molecule has 19 heavy (non-hydrogen) atoms. The Bertz CT molecular complexity index is 439. The first-order valence-corrected chi connectivity index (χ1v) is 7.36. The third-order valence-corrected chi connectivity index (χ3v) is 4.08. The largest absolute Gasteiger partial charge is 0.350 e. The maximum absolute atomic E-state index is 12.3. The van der Waals surface area contributed by atoms with Gasteiger partial charge in [-0.2, -0.15) is 0 Å². The van der Waals surface area contributed by atoms with Gasteiger partial charge in [0.1, 0.15) is 5.54 Å². The van der Waals surface area contributed by atoms with E-state index < -0.39 is 5.54 Å². The van der Waals surface area contributed by atoms with Gasteiger partial charge in [0.25, 0.3) is 0 Å². The molecular formula is C14H20BrN3O. The minimum Gasteiger partial charge on any atom is -0.350 e. The molecule has 0 saturated carbocycles. The SMILES string of the molecule is CC(N)(C(=O)N[C@@H]1CCCNC1)c1ccc(Br)cc1. The van der Waals surface area contributed by atoms with Gasteiger partial charge in [0.2, 0.25) is 5.91 Å². The number of amides is 1. The van der Waals surface area contributed by atoms with Gasteiger partial charge in [-0.15, -0.1) is 0 Å². The highest BCUT2D eigenvalue weighted by Crippen LogP contribution is 2.21. The molecule has 1 amide bonds. The summed E-state index contributed by atoms with van der Waals surface area (Å²) in [6, 6.07) is 7.73. The van der Waals surface area contributed by atoms with Gasteiger partial charge in [0, 0.05) is 17.1 Å². The van der Waals surface area contributed by atoms with Crippen LogP contribution in [0, 0.1) is 0 Å². The Morgan fingerprint density at radius 3 is 2.74 bits per heavy atom. The molecule has 1 saturated heterocycles. The van der Waals surface area contributed by atoms with Crippen LogP contribution >= 0.6 is 15.9 Å². The Morgan fingerprint density at radius 1 is 1.47 bits per heavy atom.